The van der Waals surface area contributed by atoms with Crippen molar-refractivity contribution in [1.29, 1.82) is 0 Å². The van der Waals surface area contributed by atoms with Gasteiger partial charge in [-0.25, -0.2) is 13.2 Å². The second kappa shape index (κ2) is 6.04. The molecule has 1 aromatic heterocycles. The molecule has 8 heteroatoms. The standard InChI is InChI=1S/C13H19NO5S2/c1-8-7-11(20-12(8)13(16)17)21(18,19)14-5-3-10(4-6-14)9(2)15/h7,9-10,15H,3-6H2,1-2H3,(H,16,17). The summed E-state index contributed by atoms with van der Waals surface area (Å²) < 4.78 is 26.5. The first-order valence-corrected chi connectivity index (χ1v) is 9.01. The Morgan fingerprint density at radius 1 is 1.43 bits per heavy atom. The van der Waals surface area contributed by atoms with Gasteiger partial charge in [-0.05, 0) is 44.2 Å². The van der Waals surface area contributed by atoms with Crippen LogP contribution in [0.4, 0.5) is 0 Å². The van der Waals surface area contributed by atoms with E-state index in [1.165, 1.54) is 10.4 Å². The molecule has 1 aliphatic rings. The lowest BCUT2D eigenvalue weighted by molar-refractivity contribution is 0.0701. The number of aryl methyl sites for hydroxylation is 1. The zero-order valence-corrected chi connectivity index (χ0v) is 13.6. The van der Waals surface area contributed by atoms with Gasteiger partial charge in [-0.3, -0.25) is 0 Å². The minimum atomic E-state index is -3.64. The van der Waals surface area contributed by atoms with Gasteiger partial charge in [0.1, 0.15) is 9.09 Å². The van der Waals surface area contributed by atoms with Crippen LogP contribution in [0.3, 0.4) is 0 Å². The maximum absolute atomic E-state index is 12.5. The van der Waals surface area contributed by atoms with Gasteiger partial charge < -0.3 is 10.2 Å². The quantitative estimate of drug-likeness (QED) is 0.871. The van der Waals surface area contributed by atoms with E-state index in [-0.39, 0.29) is 15.0 Å². The van der Waals surface area contributed by atoms with Crippen LogP contribution in [0.2, 0.25) is 0 Å². The third-order valence-electron chi connectivity index (χ3n) is 3.86. The largest absolute Gasteiger partial charge is 0.477 e. The van der Waals surface area contributed by atoms with E-state index < -0.39 is 22.1 Å². The molecule has 21 heavy (non-hydrogen) atoms. The fraction of sp³-hybridized carbons (Fsp3) is 0.615. The molecule has 2 N–H and O–H groups in total. The van der Waals surface area contributed by atoms with Crippen LogP contribution < -0.4 is 0 Å². The summed E-state index contributed by atoms with van der Waals surface area (Å²) in [5.74, 6) is -0.983. The van der Waals surface area contributed by atoms with E-state index in [0.717, 1.165) is 11.3 Å². The van der Waals surface area contributed by atoms with Crippen LogP contribution in [0.1, 0.15) is 35.0 Å². The van der Waals surface area contributed by atoms with E-state index in [1.54, 1.807) is 13.8 Å². The van der Waals surface area contributed by atoms with E-state index in [2.05, 4.69) is 0 Å². The molecule has 0 radical (unpaired) electrons. The van der Waals surface area contributed by atoms with Crippen molar-refractivity contribution in [2.24, 2.45) is 5.92 Å². The number of thiophene rings is 1. The van der Waals surface area contributed by atoms with Gasteiger partial charge >= 0.3 is 5.97 Å². The highest BCUT2D eigenvalue weighted by molar-refractivity contribution is 7.91. The van der Waals surface area contributed by atoms with E-state index in [9.17, 15) is 18.3 Å². The molecule has 1 fully saturated rings. The molecule has 1 saturated heterocycles. The predicted octanol–water partition coefficient (Wildman–Crippen LogP) is 1.54. The predicted molar refractivity (Wildman–Crippen MR) is 79.2 cm³/mol. The average Bonchev–Trinajstić information content (AvgIpc) is 2.82. The monoisotopic (exact) mass is 333 g/mol. The number of rotatable bonds is 4. The Bertz CT molecular complexity index is 627. The van der Waals surface area contributed by atoms with Crippen molar-refractivity contribution in [3.63, 3.8) is 0 Å². The molecular weight excluding hydrogens is 314 g/mol. The first-order valence-electron chi connectivity index (χ1n) is 6.75. The van der Waals surface area contributed by atoms with E-state index in [4.69, 9.17) is 5.11 Å². The molecule has 6 nitrogen and oxygen atoms in total. The molecule has 2 heterocycles. The number of carboxylic acids is 1. The van der Waals surface area contributed by atoms with Crippen LogP contribution in [-0.4, -0.2) is 48.1 Å². The zero-order chi connectivity index (χ0) is 15.8. The van der Waals surface area contributed by atoms with Crippen LogP contribution >= 0.6 is 11.3 Å². The smallest absolute Gasteiger partial charge is 0.346 e. The molecule has 2 rings (SSSR count). The number of carbonyl (C=O) groups is 1. The summed E-state index contributed by atoms with van der Waals surface area (Å²) in [4.78, 5) is 11.1. The number of aromatic carboxylic acids is 1. The SMILES string of the molecule is Cc1cc(S(=O)(=O)N2CCC(C(C)O)CC2)sc1C(=O)O. The summed E-state index contributed by atoms with van der Waals surface area (Å²) in [5, 5.41) is 18.6. The van der Waals surface area contributed by atoms with Crippen molar-refractivity contribution < 1.29 is 23.4 Å². The summed E-state index contributed by atoms with van der Waals surface area (Å²) in [7, 11) is -3.64. The fourth-order valence-corrected chi connectivity index (χ4v) is 5.52. The average molecular weight is 333 g/mol. The molecule has 118 valence electrons. The highest BCUT2D eigenvalue weighted by Crippen LogP contribution is 2.31. The van der Waals surface area contributed by atoms with Gasteiger partial charge in [0.05, 0.1) is 6.10 Å². The van der Waals surface area contributed by atoms with Crippen molar-refractivity contribution in [2.45, 2.75) is 37.0 Å². The topological polar surface area (TPSA) is 94.9 Å². The van der Waals surface area contributed by atoms with Crippen LogP contribution in [-0.2, 0) is 10.0 Å². The van der Waals surface area contributed by atoms with Gasteiger partial charge in [0.15, 0.2) is 0 Å². The second-order valence-electron chi connectivity index (χ2n) is 5.36. The molecular formula is C13H19NO5S2. The number of nitrogens with zero attached hydrogens (tertiary/aromatic N) is 1. The minimum absolute atomic E-state index is 0.0624. The van der Waals surface area contributed by atoms with E-state index >= 15 is 0 Å². The summed E-state index contributed by atoms with van der Waals surface area (Å²) in [5.41, 5.74) is 0.463. The molecule has 1 aliphatic heterocycles. The second-order valence-corrected chi connectivity index (χ2v) is 8.58. The normalized spacial score (nSPS) is 19.6. The summed E-state index contributed by atoms with van der Waals surface area (Å²) in [6, 6.07) is 1.42. The van der Waals surface area contributed by atoms with Gasteiger partial charge in [0.25, 0.3) is 10.0 Å². The first-order chi connectivity index (χ1) is 9.73. The molecule has 0 bridgehead atoms. The number of piperidine rings is 1. The molecule has 0 saturated carbocycles. The number of aliphatic hydroxyl groups excluding tert-OH is 1. The number of sulfonamides is 1. The van der Waals surface area contributed by atoms with Crippen LogP contribution in [0.25, 0.3) is 0 Å². The maximum Gasteiger partial charge on any atom is 0.346 e. The highest BCUT2D eigenvalue weighted by Gasteiger charge is 2.32. The molecule has 0 aromatic carbocycles. The number of hydrogen-bond acceptors (Lipinski definition) is 5. The van der Waals surface area contributed by atoms with Crippen LogP contribution in [0.5, 0.6) is 0 Å². The fourth-order valence-electron chi connectivity index (χ4n) is 2.52. The Balaban J connectivity index is 2.20. The summed E-state index contributed by atoms with van der Waals surface area (Å²) in [6.07, 6.45) is 0.803. The van der Waals surface area contributed by atoms with Gasteiger partial charge in [0.2, 0.25) is 0 Å². The lowest BCUT2D eigenvalue weighted by Crippen LogP contribution is -2.40. The third-order valence-corrected chi connectivity index (χ3v) is 7.44. The van der Waals surface area contributed by atoms with Crippen molar-refractivity contribution >= 4 is 27.3 Å². The van der Waals surface area contributed by atoms with Gasteiger partial charge in [-0.2, -0.15) is 4.31 Å². The van der Waals surface area contributed by atoms with Gasteiger partial charge in [0, 0.05) is 13.1 Å². The van der Waals surface area contributed by atoms with Crippen molar-refractivity contribution in [3.05, 3.63) is 16.5 Å². The highest BCUT2D eigenvalue weighted by atomic mass is 32.2. The maximum atomic E-state index is 12.5. The zero-order valence-electron chi connectivity index (χ0n) is 11.9. The Morgan fingerprint density at radius 2 is 2.00 bits per heavy atom. The molecule has 1 aromatic rings. The Morgan fingerprint density at radius 3 is 2.43 bits per heavy atom. The van der Waals surface area contributed by atoms with E-state index in [1.807, 2.05) is 0 Å². The van der Waals surface area contributed by atoms with Crippen LogP contribution in [0, 0.1) is 12.8 Å². The molecule has 1 unspecified atom stereocenters. The Kier molecular flexibility index (Phi) is 4.72. The molecule has 0 amide bonds. The lowest BCUT2D eigenvalue weighted by Gasteiger charge is -2.32. The lowest BCUT2D eigenvalue weighted by atomic mass is 9.93. The summed E-state index contributed by atoms with van der Waals surface area (Å²) >= 11 is 0.797. The number of carboxylic acid groups (broad SMARTS) is 1. The third kappa shape index (κ3) is 3.28. The summed E-state index contributed by atoms with van der Waals surface area (Å²) in [6.45, 7) is 4.03. The van der Waals surface area contributed by atoms with Crippen molar-refractivity contribution in [2.75, 3.05) is 13.1 Å². The van der Waals surface area contributed by atoms with Crippen LogP contribution in [0.15, 0.2) is 10.3 Å². The molecule has 0 aliphatic carbocycles. The number of aliphatic hydroxyl groups is 1. The minimum Gasteiger partial charge on any atom is -0.477 e. The van der Waals surface area contributed by atoms with Crippen molar-refractivity contribution in [1.82, 2.24) is 4.31 Å². The Hall–Kier alpha value is -0.960. The first kappa shape index (κ1) is 16.4. The Labute approximate surface area is 128 Å². The van der Waals surface area contributed by atoms with Crippen molar-refractivity contribution in [3.8, 4) is 0 Å². The molecule has 1 atom stereocenters. The number of hydrogen-bond donors (Lipinski definition) is 2. The van der Waals surface area contributed by atoms with E-state index in [0.29, 0.717) is 31.5 Å². The molecule has 0 spiro atoms. The van der Waals surface area contributed by atoms with Gasteiger partial charge in [-0.1, -0.05) is 0 Å². The van der Waals surface area contributed by atoms with Gasteiger partial charge in [-0.15, -0.1) is 11.3 Å².